The van der Waals surface area contributed by atoms with Gasteiger partial charge >= 0.3 is 0 Å². The largest absolute Gasteiger partial charge is 0.373 e. The van der Waals surface area contributed by atoms with E-state index in [9.17, 15) is 0 Å². The number of aromatic nitrogens is 2. The van der Waals surface area contributed by atoms with E-state index in [0.717, 1.165) is 30.5 Å². The molecule has 0 spiro atoms. The SMILES string of the molecule is CNc1nc(C)nc(N2CCN3CCCCC3C2)c1C. The maximum atomic E-state index is 4.70. The van der Waals surface area contributed by atoms with Crippen LogP contribution in [0.1, 0.15) is 30.7 Å². The van der Waals surface area contributed by atoms with E-state index in [1.807, 2.05) is 14.0 Å². The smallest absolute Gasteiger partial charge is 0.137 e. The number of piperazine rings is 1. The Bertz CT molecular complexity index is 487. The summed E-state index contributed by atoms with van der Waals surface area (Å²) in [4.78, 5) is 14.3. The third-order valence-electron chi connectivity index (χ3n) is 4.61. The summed E-state index contributed by atoms with van der Waals surface area (Å²) in [7, 11) is 1.93. The molecule has 1 N–H and O–H groups in total. The Morgan fingerprint density at radius 1 is 1.10 bits per heavy atom. The minimum atomic E-state index is 0.713. The van der Waals surface area contributed by atoms with Crippen molar-refractivity contribution in [2.75, 3.05) is 43.4 Å². The second kappa shape index (κ2) is 5.56. The molecule has 0 aromatic carbocycles. The molecular formula is C15H25N5. The fourth-order valence-electron chi connectivity index (χ4n) is 3.51. The Balaban J connectivity index is 1.84. The van der Waals surface area contributed by atoms with Gasteiger partial charge in [0.15, 0.2) is 0 Å². The second-order valence-corrected chi connectivity index (χ2v) is 5.95. The van der Waals surface area contributed by atoms with Crippen LogP contribution in [-0.4, -0.2) is 54.1 Å². The van der Waals surface area contributed by atoms with Gasteiger partial charge in [0.05, 0.1) is 0 Å². The van der Waals surface area contributed by atoms with Gasteiger partial charge < -0.3 is 10.2 Å². The van der Waals surface area contributed by atoms with Gasteiger partial charge in [0.2, 0.25) is 0 Å². The zero-order valence-corrected chi connectivity index (χ0v) is 12.8. The Kier molecular flexibility index (Phi) is 3.78. The van der Waals surface area contributed by atoms with Crippen LogP contribution in [-0.2, 0) is 0 Å². The van der Waals surface area contributed by atoms with E-state index in [2.05, 4.69) is 27.0 Å². The lowest BCUT2D eigenvalue weighted by Crippen LogP contribution is -2.55. The van der Waals surface area contributed by atoms with Crippen LogP contribution in [0.4, 0.5) is 11.6 Å². The lowest BCUT2D eigenvalue weighted by Gasteiger charge is -2.44. The number of aryl methyl sites for hydroxylation is 1. The maximum Gasteiger partial charge on any atom is 0.137 e. The molecule has 0 amide bonds. The fourth-order valence-corrected chi connectivity index (χ4v) is 3.51. The zero-order valence-electron chi connectivity index (χ0n) is 12.8. The second-order valence-electron chi connectivity index (χ2n) is 5.95. The molecule has 3 heterocycles. The monoisotopic (exact) mass is 275 g/mol. The van der Waals surface area contributed by atoms with Gasteiger partial charge in [-0.1, -0.05) is 6.42 Å². The van der Waals surface area contributed by atoms with Crippen molar-refractivity contribution in [2.24, 2.45) is 0 Å². The number of fused-ring (bicyclic) bond motifs is 1. The van der Waals surface area contributed by atoms with Gasteiger partial charge in [0, 0.05) is 38.3 Å². The third kappa shape index (κ3) is 2.46. The third-order valence-corrected chi connectivity index (χ3v) is 4.61. The predicted molar refractivity (Wildman–Crippen MR) is 82.5 cm³/mol. The summed E-state index contributed by atoms with van der Waals surface area (Å²) in [5.74, 6) is 2.92. The molecule has 2 fully saturated rings. The molecule has 1 unspecified atom stereocenters. The summed E-state index contributed by atoms with van der Waals surface area (Å²) in [6.45, 7) is 8.73. The molecule has 1 aromatic heterocycles. The molecule has 0 bridgehead atoms. The normalized spacial score (nSPS) is 23.6. The van der Waals surface area contributed by atoms with Gasteiger partial charge in [-0.25, -0.2) is 9.97 Å². The molecule has 20 heavy (non-hydrogen) atoms. The molecule has 0 aliphatic carbocycles. The van der Waals surface area contributed by atoms with E-state index >= 15 is 0 Å². The molecule has 110 valence electrons. The van der Waals surface area contributed by atoms with Crippen molar-refractivity contribution < 1.29 is 0 Å². The molecule has 2 aliphatic heterocycles. The average molecular weight is 275 g/mol. The first kappa shape index (κ1) is 13.6. The highest BCUT2D eigenvalue weighted by atomic mass is 15.3. The lowest BCUT2D eigenvalue weighted by atomic mass is 9.99. The van der Waals surface area contributed by atoms with E-state index in [1.165, 1.54) is 37.9 Å². The van der Waals surface area contributed by atoms with E-state index in [-0.39, 0.29) is 0 Å². The zero-order chi connectivity index (χ0) is 14.1. The first-order valence-electron chi connectivity index (χ1n) is 7.71. The van der Waals surface area contributed by atoms with Gasteiger partial charge in [0.1, 0.15) is 17.5 Å². The van der Waals surface area contributed by atoms with Gasteiger partial charge in [-0.05, 0) is 33.2 Å². The summed E-state index contributed by atoms with van der Waals surface area (Å²) in [5.41, 5.74) is 1.17. The molecule has 0 radical (unpaired) electrons. The molecule has 5 heteroatoms. The summed E-state index contributed by atoms with van der Waals surface area (Å²) in [6.07, 6.45) is 4.07. The topological polar surface area (TPSA) is 44.3 Å². The number of hydrogen-bond acceptors (Lipinski definition) is 5. The molecule has 5 nitrogen and oxygen atoms in total. The molecule has 1 atom stereocenters. The van der Waals surface area contributed by atoms with Crippen molar-refractivity contribution in [1.82, 2.24) is 14.9 Å². The molecule has 2 saturated heterocycles. The van der Waals surface area contributed by atoms with Gasteiger partial charge in [0.25, 0.3) is 0 Å². The standard InChI is InChI=1S/C15H25N5/c1-11-14(16-3)17-12(2)18-15(11)20-9-8-19-7-5-4-6-13(19)10-20/h13H,4-10H2,1-3H3,(H,16,17,18). The predicted octanol–water partition coefficient (Wildman–Crippen LogP) is 1.81. The van der Waals surface area contributed by atoms with Crippen LogP contribution in [0.5, 0.6) is 0 Å². The van der Waals surface area contributed by atoms with Crippen LogP contribution in [0.2, 0.25) is 0 Å². The Hall–Kier alpha value is -1.36. The highest BCUT2D eigenvalue weighted by Gasteiger charge is 2.30. The Labute approximate surface area is 121 Å². The molecule has 1 aromatic rings. The first-order chi connectivity index (χ1) is 9.69. The quantitative estimate of drug-likeness (QED) is 0.892. The van der Waals surface area contributed by atoms with Crippen LogP contribution in [0, 0.1) is 13.8 Å². The van der Waals surface area contributed by atoms with Crippen LogP contribution in [0.3, 0.4) is 0 Å². The van der Waals surface area contributed by atoms with Crippen LogP contribution in [0.15, 0.2) is 0 Å². The van der Waals surface area contributed by atoms with E-state index in [0.29, 0.717) is 6.04 Å². The van der Waals surface area contributed by atoms with Gasteiger partial charge in [-0.15, -0.1) is 0 Å². The summed E-state index contributed by atoms with van der Waals surface area (Å²) in [5, 5.41) is 3.18. The Morgan fingerprint density at radius 2 is 1.95 bits per heavy atom. The van der Waals surface area contributed by atoms with Crippen molar-refractivity contribution in [3.8, 4) is 0 Å². The average Bonchev–Trinajstić information content (AvgIpc) is 2.48. The van der Waals surface area contributed by atoms with Crippen molar-refractivity contribution in [1.29, 1.82) is 0 Å². The highest BCUT2D eigenvalue weighted by Crippen LogP contribution is 2.28. The summed E-state index contributed by atoms with van der Waals surface area (Å²) >= 11 is 0. The minimum Gasteiger partial charge on any atom is -0.373 e. The van der Waals surface area contributed by atoms with Crippen LogP contribution in [0.25, 0.3) is 0 Å². The van der Waals surface area contributed by atoms with E-state index in [1.54, 1.807) is 0 Å². The summed E-state index contributed by atoms with van der Waals surface area (Å²) < 4.78 is 0. The van der Waals surface area contributed by atoms with E-state index < -0.39 is 0 Å². The van der Waals surface area contributed by atoms with Crippen LogP contribution < -0.4 is 10.2 Å². The number of nitrogens with zero attached hydrogens (tertiary/aromatic N) is 4. The number of nitrogens with one attached hydrogen (secondary N) is 1. The molecule has 2 aliphatic rings. The first-order valence-corrected chi connectivity index (χ1v) is 7.71. The maximum absolute atomic E-state index is 4.70. The molecule has 3 rings (SSSR count). The fraction of sp³-hybridized carbons (Fsp3) is 0.733. The van der Waals surface area contributed by atoms with Crippen molar-refractivity contribution in [2.45, 2.75) is 39.2 Å². The van der Waals surface area contributed by atoms with Gasteiger partial charge in [-0.2, -0.15) is 0 Å². The van der Waals surface area contributed by atoms with Gasteiger partial charge in [-0.3, -0.25) is 4.90 Å². The minimum absolute atomic E-state index is 0.713. The number of hydrogen-bond donors (Lipinski definition) is 1. The van der Waals surface area contributed by atoms with Crippen LogP contribution >= 0.6 is 0 Å². The summed E-state index contributed by atoms with van der Waals surface area (Å²) in [6, 6.07) is 0.713. The highest BCUT2D eigenvalue weighted by molar-refractivity contribution is 5.58. The van der Waals surface area contributed by atoms with Crippen molar-refractivity contribution in [3.05, 3.63) is 11.4 Å². The lowest BCUT2D eigenvalue weighted by molar-refractivity contribution is 0.133. The van der Waals surface area contributed by atoms with Crippen molar-refractivity contribution >= 4 is 11.6 Å². The number of anilines is 2. The van der Waals surface area contributed by atoms with Crippen molar-refractivity contribution in [3.63, 3.8) is 0 Å². The number of rotatable bonds is 2. The Morgan fingerprint density at radius 3 is 2.75 bits per heavy atom. The molecule has 0 saturated carbocycles. The number of piperidine rings is 1. The van der Waals surface area contributed by atoms with E-state index in [4.69, 9.17) is 4.98 Å². The molecular weight excluding hydrogens is 250 g/mol.